The maximum atomic E-state index is 13.3. The van der Waals surface area contributed by atoms with Gasteiger partial charge < -0.3 is 10.1 Å². The summed E-state index contributed by atoms with van der Waals surface area (Å²) in [6, 6.07) is 25.4. The van der Waals surface area contributed by atoms with Crippen LogP contribution in [0.4, 0.5) is 5.69 Å². The molecule has 3 aromatic carbocycles. The van der Waals surface area contributed by atoms with Crippen LogP contribution in [-0.4, -0.2) is 18.0 Å². The van der Waals surface area contributed by atoms with Gasteiger partial charge in [-0.2, -0.15) is 10.9 Å². The quantitative estimate of drug-likeness (QED) is 0.347. The van der Waals surface area contributed by atoms with E-state index in [1.165, 1.54) is 4.90 Å². The highest BCUT2D eigenvalue weighted by Crippen LogP contribution is 2.42. The summed E-state index contributed by atoms with van der Waals surface area (Å²) in [5.41, 5.74) is 3.76. The van der Waals surface area contributed by atoms with E-state index in [0.717, 1.165) is 22.3 Å². The van der Waals surface area contributed by atoms with Gasteiger partial charge >= 0.3 is 0 Å². The van der Waals surface area contributed by atoms with E-state index in [4.69, 9.17) is 9.72 Å². The van der Waals surface area contributed by atoms with Gasteiger partial charge in [-0.25, -0.2) is 4.98 Å². The van der Waals surface area contributed by atoms with Crippen LogP contribution in [0.2, 0.25) is 0 Å². The van der Waals surface area contributed by atoms with E-state index in [9.17, 15) is 4.79 Å². The number of allylic oxidation sites excluding steroid dienone is 2. The molecule has 4 nitrogen and oxygen atoms in total. The van der Waals surface area contributed by atoms with Crippen molar-refractivity contribution in [1.82, 2.24) is 4.98 Å². The molecule has 1 aromatic heterocycles. The molecule has 4 aromatic rings. The van der Waals surface area contributed by atoms with Crippen LogP contribution in [0.5, 0.6) is 5.75 Å². The number of methoxy groups -OCH3 is 1. The third-order valence-electron chi connectivity index (χ3n) is 5.36. The molecule has 1 N–H and O–H groups in total. The number of benzene rings is 3. The van der Waals surface area contributed by atoms with E-state index in [1.54, 1.807) is 7.11 Å². The van der Waals surface area contributed by atoms with Crippen LogP contribution in [0.3, 0.4) is 0 Å². The number of ether oxygens (including phenoxy) is 1. The zero-order chi connectivity index (χ0) is 21.9. The second kappa shape index (κ2) is 8.73. The lowest BCUT2D eigenvalue weighted by Gasteiger charge is -2.13. The first kappa shape index (κ1) is 20.1. The normalized spacial score (nSPS) is 13.5. The molecule has 0 saturated heterocycles. The van der Waals surface area contributed by atoms with Crippen LogP contribution in [0.1, 0.15) is 10.4 Å². The van der Waals surface area contributed by atoms with Crippen molar-refractivity contribution in [3.63, 3.8) is 0 Å². The van der Waals surface area contributed by atoms with Crippen molar-refractivity contribution in [1.29, 1.82) is 0 Å². The van der Waals surface area contributed by atoms with Crippen molar-refractivity contribution in [2.24, 2.45) is 0 Å². The molecule has 158 valence electrons. The molecule has 1 aliphatic rings. The van der Waals surface area contributed by atoms with Crippen LogP contribution in [0.25, 0.3) is 22.2 Å². The maximum Gasteiger partial charge on any atom is 0.256 e. The number of rotatable bonds is 5. The summed E-state index contributed by atoms with van der Waals surface area (Å²) in [7, 11) is 1.25. The average molecular weight is 439 g/mol. The van der Waals surface area contributed by atoms with Gasteiger partial charge in [0, 0.05) is 22.7 Å². The van der Waals surface area contributed by atoms with Crippen molar-refractivity contribution in [3.8, 4) is 17.0 Å². The minimum atomic E-state index is -0.369. The fraction of sp³-hybridized carbons (Fsp3) is 0.0370. The molecule has 0 radical (unpaired) electrons. The second-order valence-electron chi connectivity index (χ2n) is 7.40. The molecular weight excluding hydrogens is 416 g/mol. The number of carbonyl (C=O) groups excluding carboxylic acids is 1. The highest BCUT2D eigenvalue weighted by Gasteiger charge is 2.15. The largest absolute Gasteiger partial charge is 0.497 e. The van der Waals surface area contributed by atoms with Gasteiger partial charge in [-0.3, -0.25) is 4.79 Å². The fourth-order valence-corrected chi connectivity index (χ4v) is 5.21. The molecule has 32 heavy (non-hydrogen) atoms. The number of hydrogen-bond acceptors (Lipinski definition) is 3. The van der Waals surface area contributed by atoms with Gasteiger partial charge in [0.1, 0.15) is 5.75 Å². The summed E-state index contributed by atoms with van der Waals surface area (Å²) in [5.74, 6) is 0.535. The first-order valence-corrected chi connectivity index (χ1v) is 11.8. The molecular formula is C27H22N2O2S. The van der Waals surface area contributed by atoms with Crippen molar-refractivity contribution >= 4 is 33.4 Å². The number of fused-ring (bicyclic) bond motifs is 1. The minimum absolute atomic E-state index is 0.168. The standard InChI is InChI=1S/C27H22N2O2S/c1-31-21-11-14-23-24(18-25(29-26(23)17-21)19-7-3-2-4-8-19)27(30)28-20-9-12-22(13-10-20)32-15-5-6-16-32/h2-18,32H,1H3,(H,28,30). The van der Waals surface area contributed by atoms with E-state index >= 15 is 0 Å². The van der Waals surface area contributed by atoms with Crippen LogP contribution in [0, 0.1) is 0 Å². The SMILES string of the molecule is COc1ccc2c(C(=O)Nc3ccc([SH]4C=CC=C4)cc3)cc(-c3ccccc3)nc2c1. The van der Waals surface area contributed by atoms with E-state index in [-0.39, 0.29) is 16.8 Å². The number of pyridine rings is 1. The third-order valence-corrected chi connectivity index (χ3v) is 7.24. The molecule has 1 aliphatic heterocycles. The van der Waals surface area contributed by atoms with Gasteiger partial charge in [-0.15, -0.1) is 0 Å². The Morgan fingerprint density at radius 1 is 0.906 bits per heavy atom. The van der Waals surface area contributed by atoms with Crippen LogP contribution < -0.4 is 10.1 Å². The zero-order valence-electron chi connectivity index (χ0n) is 17.5. The molecule has 0 spiro atoms. The highest BCUT2D eigenvalue weighted by molar-refractivity contribution is 8.22. The van der Waals surface area contributed by atoms with E-state index in [0.29, 0.717) is 16.8 Å². The fourth-order valence-electron chi connectivity index (χ4n) is 3.70. The Balaban J connectivity index is 1.51. The predicted octanol–water partition coefficient (Wildman–Crippen LogP) is 6.56. The van der Waals surface area contributed by atoms with Crippen LogP contribution in [0.15, 0.2) is 107 Å². The van der Waals surface area contributed by atoms with Gasteiger partial charge in [0.25, 0.3) is 5.91 Å². The minimum Gasteiger partial charge on any atom is -0.497 e. The van der Waals surface area contributed by atoms with Crippen molar-refractivity contribution < 1.29 is 9.53 Å². The monoisotopic (exact) mass is 438 g/mol. The lowest BCUT2D eigenvalue weighted by Crippen LogP contribution is -2.13. The Kier molecular flexibility index (Phi) is 5.48. The molecule has 0 unspecified atom stereocenters. The second-order valence-corrected chi connectivity index (χ2v) is 9.32. The molecule has 2 heterocycles. The lowest BCUT2D eigenvalue weighted by molar-refractivity contribution is 0.102. The van der Waals surface area contributed by atoms with Crippen LogP contribution in [-0.2, 0) is 0 Å². The first-order valence-electron chi connectivity index (χ1n) is 10.3. The number of nitrogens with zero attached hydrogens (tertiary/aromatic N) is 1. The number of nitrogens with one attached hydrogen (secondary N) is 1. The maximum absolute atomic E-state index is 13.3. The average Bonchev–Trinajstić information content (AvgIpc) is 3.39. The third kappa shape index (κ3) is 4.03. The number of carbonyl (C=O) groups is 1. The number of hydrogen-bond donors (Lipinski definition) is 2. The molecule has 0 atom stereocenters. The summed E-state index contributed by atoms with van der Waals surface area (Å²) < 4.78 is 5.37. The van der Waals surface area contributed by atoms with E-state index in [1.807, 2.05) is 66.7 Å². The molecule has 0 fully saturated rings. The molecule has 5 rings (SSSR count). The first-order chi connectivity index (χ1) is 15.7. The molecule has 0 saturated carbocycles. The van der Waals surface area contributed by atoms with Gasteiger partial charge in [-0.1, -0.05) is 42.5 Å². The smallest absolute Gasteiger partial charge is 0.256 e. The number of anilines is 1. The van der Waals surface area contributed by atoms with Gasteiger partial charge in [0.2, 0.25) is 0 Å². The Bertz CT molecular complexity index is 1330. The Labute approximate surface area is 189 Å². The number of aromatic nitrogens is 1. The van der Waals surface area contributed by atoms with Crippen LogP contribution >= 0.6 is 10.9 Å². The molecule has 0 bridgehead atoms. The Morgan fingerprint density at radius 3 is 2.38 bits per heavy atom. The van der Waals surface area contributed by atoms with Gasteiger partial charge in [-0.05, 0) is 58.2 Å². The molecule has 1 amide bonds. The molecule has 5 heteroatoms. The Morgan fingerprint density at radius 2 is 1.66 bits per heavy atom. The van der Waals surface area contributed by atoms with Crippen molar-refractivity contribution in [2.45, 2.75) is 4.90 Å². The summed E-state index contributed by atoms with van der Waals surface area (Å²) in [4.78, 5) is 19.4. The van der Waals surface area contributed by atoms with Crippen molar-refractivity contribution in [3.05, 3.63) is 107 Å². The summed E-state index contributed by atoms with van der Waals surface area (Å²) in [6.07, 6.45) is 4.16. The zero-order valence-corrected chi connectivity index (χ0v) is 18.4. The lowest BCUT2D eigenvalue weighted by atomic mass is 10.0. The summed E-state index contributed by atoms with van der Waals surface area (Å²) >= 11 is 0. The molecule has 0 aliphatic carbocycles. The predicted molar refractivity (Wildman–Crippen MR) is 134 cm³/mol. The topological polar surface area (TPSA) is 51.2 Å². The summed E-state index contributed by atoms with van der Waals surface area (Å²) in [6.45, 7) is 0. The highest BCUT2D eigenvalue weighted by atomic mass is 32.2. The van der Waals surface area contributed by atoms with Gasteiger partial charge in [0.15, 0.2) is 0 Å². The van der Waals surface area contributed by atoms with E-state index < -0.39 is 0 Å². The van der Waals surface area contributed by atoms with Gasteiger partial charge in [0.05, 0.1) is 23.9 Å². The van der Waals surface area contributed by atoms with E-state index in [2.05, 4.69) is 40.4 Å². The number of thiol groups is 1. The Hall–Kier alpha value is -3.83. The van der Waals surface area contributed by atoms with Crippen molar-refractivity contribution in [2.75, 3.05) is 12.4 Å². The number of amides is 1. The summed E-state index contributed by atoms with van der Waals surface area (Å²) in [5, 5.41) is 8.26.